The zero-order chi connectivity index (χ0) is 8.48. The number of hydrazone groups is 1. The second kappa shape index (κ2) is 2.53. The number of carbonyl (C=O) groups is 1. The fourth-order valence-electron chi connectivity index (χ4n) is 1.04. The van der Waals surface area contributed by atoms with Crippen LogP contribution in [0, 0.1) is 0 Å². The molecule has 1 rings (SSSR count). The summed E-state index contributed by atoms with van der Waals surface area (Å²) >= 11 is 0. The van der Waals surface area contributed by atoms with Crippen molar-refractivity contribution in [2.24, 2.45) is 5.10 Å². The Morgan fingerprint density at radius 1 is 1.64 bits per heavy atom. The number of hydrogen-bond acceptors (Lipinski definition) is 4. The van der Waals surface area contributed by atoms with Crippen molar-refractivity contribution in [3.05, 3.63) is 0 Å². The molecule has 0 aliphatic carbocycles. The fourth-order valence-corrected chi connectivity index (χ4v) is 1.04. The van der Waals surface area contributed by atoms with E-state index in [9.17, 15) is 4.79 Å². The highest BCUT2D eigenvalue weighted by molar-refractivity contribution is 6.08. The van der Waals surface area contributed by atoms with E-state index in [1.807, 2.05) is 13.8 Å². The number of carbonyl (C=O) groups excluding carboxylic acids is 1. The molecule has 1 aliphatic heterocycles. The minimum absolute atomic E-state index is 0.205. The van der Waals surface area contributed by atoms with Gasteiger partial charge in [-0.05, 0) is 13.8 Å². The number of cyclic esters (lactones) is 1. The van der Waals surface area contributed by atoms with Crippen molar-refractivity contribution < 1.29 is 9.53 Å². The second-order valence-corrected chi connectivity index (χ2v) is 2.94. The van der Waals surface area contributed by atoms with E-state index >= 15 is 0 Å². The van der Waals surface area contributed by atoms with E-state index in [-0.39, 0.29) is 5.97 Å². The summed E-state index contributed by atoms with van der Waals surface area (Å²) in [4.78, 5) is 10.8. The summed E-state index contributed by atoms with van der Waals surface area (Å²) < 4.78 is 5.00. The van der Waals surface area contributed by atoms with Gasteiger partial charge in [0.1, 0.15) is 5.60 Å². The van der Waals surface area contributed by atoms with Crippen LogP contribution in [0.5, 0.6) is 0 Å². The molecule has 1 heterocycles. The van der Waals surface area contributed by atoms with Gasteiger partial charge < -0.3 is 10.2 Å². The molecule has 0 radical (unpaired) electrons. The number of rotatable bonds is 1. The van der Waals surface area contributed by atoms with Gasteiger partial charge in [-0.2, -0.15) is 5.10 Å². The summed E-state index contributed by atoms with van der Waals surface area (Å²) in [6, 6.07) is 0. The lowest BCUT2D eigenvalue weighted by Gasteiger charge is -2.16. The highest BCUT2D eigenvalue weighted by atomic mass is 16.6. The van der Waals surface area contributed by atoms with Crippen LogP contribution < -0.4 is 5.43 Å². The summed E-state index contributed by atoms with van der Waals surface area (Å²) in [5.41, 5.74) is 2.87. The van der Waals surface area contributed by atoms with E-state index in [4.69, 9.17) is 4.74 Å². The number of ether oxygens (including phenoxy) is 1. The Morgan fingerprint density at radius 2 is 2.27 bits per heavy atom. The summed E-state index contributed by atoms with van der Waals surface area (Å²) in [6.45, 7) is 3.65. The Kier molecular flexibility index (Phi) is 1.85. The summed E-state index contributed by atoms with van der Waals surface area (Å²) in [6.07, 6.45) is 0.299. The van der Waals surface area contributed by atoms with Crippen molar-refractivity contribution in [3.63, 3.8) is 0 Å². The van der Waals surface area contributed by atoms with Crippen LogP contribution in [0.4, 0.5) is 0 Å². The van der Waals surface area contributed by atoms with Crippen LogP contribution in [-0.4, -0.2) is 24.3 Å². The first-order valence-corrected chi connectivity index (χ1v) is 3.52. The van der Waals surface area contributed by atoms with Crippen LogP contribution in [0.2, 0.25) is 0 Å². The van der Waals surface area contributed by atoms with Gasteiger partial charge in [0.25, 0.3) is 0 Å². The van der Waals surface area contributed by atoms with Gasteiger partial charge in [0.15, 0.2) is 0 Å². The second-order valence-electron chi connectivity index (χ2n) is 2.94. The van der Waals surface area contributed by atoms with E-state index in [0.717, 1.165) is 5.71 Å². The maximum Gasteiger partial charge on any atom is 0.312 e. The summed E-state index contributed by atoms with van der Waals surface area (Å²) in [5.74, 6) is -0.205. The average Bonchev–Trinajstić information content (AvgIpc) is 2.07. The molecule has 62 valence electrons. The lowest BCUT2D eigenvalue weighted by Crippen LogP contribution is -2.28. The van der Waals surface area contributed by atoms with Crippen molar-refractivity contribution in [2.45, 2.75) is 25.9 Å². The summed E-state index contributed by atoms with van der Waals surface area (Å²) in [5, 5.41) is 3.95. The molecule has 1 fully saturated rings. The topological polar surface area (TPSA) is 50.7 Å². The predicted octanol–water partition coefficient (Wildman–Crippen LogP) is 0.287. The zero-order valence-electron chi connectivity index (χ0n) is 6.97. The van der Waals surface area contributed by atoms with Gasteiger partial charge >= 0.3 is 5.97 Å². The lowest BCUT2D eigenvalue weighted by atomic mass is 10.0. The maximum absolute atomic E-state index is 10.8. The molecule has 11 heavy (non-hydrogen) atoms. The largest absolute Gasteiger partial charge is 0.453 e. The third kappa shape index (κ3) is 1.50. The molecule has 0 bridgehead atoms. The van der Waals surface area contributed by atoms with Crippen LogP contribution in [0.15, 0.2) is 5.10 Å². The minimum atomic E-state index is -0.528. The molecular formula is C7H12N2O2. The molecular weight excluding hydrogens is 144 g/mol. The van der Waals surface area contributed by atoms with Crippen molar-refractivity contribution >= 4 is 11.7 Å². The molecule has 0 aromatic rings. The van der Waals surface area contributed by atoms with Crippen LogP contribution in [0.1, 0.15) is 20.3 Å². The third-order valence-corrected chi connectivity index (χ3v) is 1.62. The van der Waals surface area contributed by atoms with E-state index in [1.165, 1.54) is 0 Å². The van der Waals surface area contributed by atoms with Crippen molar-refractivity contribution in [3.8, 4) is 0 Å². The Bertz CT molecular complexity index is 208. The SMILES string of the molecule is CN/N=C1/CC(=O)OC1(C)C. The maximum atomic E-state index is 10.8. The monoisotopic (exact) mass is 156 g/mol. The van der Waals surface area contributed by atoms with Crippen LogP contribution in [0.3, 0.4) is 0 Å². The van der Waals surface area contributed by atoms with Gasteiger partial charge in [-0.3, -0.25) is 4.79 Å². The average molecular weight is 156 g/mol. The van der Waals surface area contributed by atoms with Gasteiger partial charge in [0.05, 0.1) is 12.1 Å². The normalized spacial score (nSPS) is 25.4. The van der Waals surface area contributed by atoms with E-state index in [0.29, 0.717) is 6.42 Å². The Labute approximate surface area is 65.6 Å². The van der Waals surface area contributed by atoms with E-state index in [1.54, 1.807) is 7.05 Å². The number of hydrogen-bond donors (Lipinski definition) is 1. The van der Waals surface area contributed by atoms with Gasteiger partial charge in [0, 0.05) is 7.05 Å². The molecule has 0 atom stereocenters. The van der Waals surface area contributed by atoms with Crippen molar-refractivity contribution in [1.82, 2.24) is 5.43 Å². The summed E-state index contributed by atoms with van der Waals surface area (Å²) in [7, 11) is 1.70. The Hall–Kier alpha value is -1.06. The first-order valence-electron chi connectivity index (χ1n) is 3.52. The highest BCUT2D eigenvalue weighted by Gasteiger charge is 2.38. The molecule has 0 saturated carbocycles. The fraction of sp³-hybridized carbons (Fsp3) is 0.714. The molecule has 0 spiro atoms. The van der Waals surface area contributed by atoms with Crippen LogP contribution >= 0.6 is 0 Å². The lowest BCUT2D eigenvalue weighted by molar-refractivity contribution is -0.145. The third-order valence-electron chi connectivity index (χ3n) is 1.62. The van der Waals surface area contributed by atoms with Gasteiger partial charge in [0.2, 0.25) is 0 Å². The Balaban J connectivity index is 2.82. The molecule has 1 N–H and O–H groups in total. The zero-order valence-corrected chi connectivity index (χ0v) is 6.97. The van der Waals surface area contributed by atoms with Crippen molar-refractivity contribution in [1.29, 1.82) is 0 Å². The molecule has 1 saturated heterocycles. The molecule has 0 aromatic carbocycles. The quantitative estimate of drug-likeness (QED) is 0.438. The number of nitrogens with one attached hydrogen (secondary N) is 1. The molecule has 1 aliphatic rings. The molecule has 0 amide bonds. The standard InChI is InChI=1S/C7H12N2O2/c1-7(2)5(9-8-3)4-6(10)11-7/h8H,4H2,1-3H3/b9-5-. The smallest absolute Gasteiger partial charge is 0.312 e. The van der Waals surface area contributed by atoms with Gasteiger partial charge in [-0.25, -0.2) is 0 Å². The van der Waals surface area contributed by atoms with Gasteiger partial charge in [-0.15, -0.1) is 0 Å². The minimum Gasteiger partial charge on any atom is -0.453 e. The van der Waals surface area contributed by atoms with Crippen LogP contribution in [0.25, 0.3) is 0 Å². The molecule has 0 unspecified atom stereocenters. The first-order chi connectivity index (χ1) is 5.06. The Morgan fingerprint density at radius 3 is 2.64 bits per heavy atom. The molecule has 4 heteroatoms. The number of nitrogens with zero attached hydrogens (tertiary/aromatic N) is 1. The number of esters is 1. The van der Waals surface area contributed by atoms with E-state index < -0.39 is 5.60 Å². The van der Waals surface area contributed by atoms with Crippen LogP contribution in [-0.2, 0) is 9.53 Å². The van der Waals surface area contributed by atoms with E-state index in [2.05, 4.69) is 10.5 Å². The molecule has 4 nitrogen and oxygen atoms in total. The van der Waals surface area contributed by atoms with Crippen molar-refractivity contribution in [2.75, 3.05) is 7.05 Å². The predicted molar refractivity (Wildman–Crippen MR) is 41.3 cm³/mol. The highest BCUT2D eigenvalue weighted by Crippen LogP contribution is 2.22. The molecule has 0 aromatic heterocycles. The first kappa shape index (κ1) is 8.04. The van der Waals surface area contributed by atoms with Gasteiger partial charge in [-0.1, -0.05) is 0 Å².